The highest BCUT2D eigenvalue weighted by Gasteiger charge is 2.47. The van der Waals surface area contributed by atoms with Crippen LogP contribution in [-0.4, -0.2) is 31.9 Å². The zero-order valence-electron chi connectivity index (χ0n) is 15.8. The predicted octanol–water partition coefficient (Wildman–Crippen LogP) is 4.28. The van der Waals surface area contributed by atoms with Gasteiger partial charge in [-0.1, -0.05) is 6.07 Å². The van der Waals surface area contributed by atoms with Crippen LogP contribution in [0.5, 0.6) is 11.5 Å². The van der Waals surface area contributed by atoms with Crippen LogP contribution in [0.15, 0.2) is 58.3 Å². The number of halogens is 3. The maximum absolute atomic E-state index is 12.9. The molecule has 0 bridgehead atoms. The summed E-state index contributed by atoms with van der Waals surface area (Å²) in [6.07, 6.45) is 0. The van der Waals surface area contributed by atoms with Crippen LogP contribution in [0.1, 0.15) is 16.1 Å². The van der Waals surface area contributed by atoms with Gasteiger partial charge in [0.1, 0.15) is 18.1 Å². The largest absolute Gasteiger partial charge is 0.501 e. The van der Waals surface area contributed by atoms with Crippen molar-refractivity contribution < 1.29 is 35.9 Å². The summed E-state index contributed by atoms with van der Waals surface area (Å²) >= 11 is 1.41. The third-order valence-corrected chi connectivity index (χ3v) is 6.12. The van der Waals surface area contributed by atoms with Gasteiger partial charge in [0, 0.05) is 10.9 Å². The predicted molar refractivity (Wildman–Crippen MR) is 107 cm³/mol. The Labute approximate surface area is 179 Å². The summed E-state index contributed by atoms with van der Waals surface area (Å²) in [5.74, 6) is -0.328. The molecule has 3 aromatic rings. The number of nitrogens with one attached hydrogen (secondary N) is 1. The molecule has 0 spiro atoms. The van der Waals surface area contributed by atoms with E-state index in [1.165, 1.54) is 30.6 Å². The molecule has 2 aromatic carbocycles. The van der Waals surface area contributed by atoms with E-state index in [2.05, 4.69) is 10.3 Å². The maximum atomic E-state index is 12.9. The summed E-state index contributed by atoms with van der Waals surface area (Å²) < 4.78 is 72.5. The number of aromatic nitrogens is 1. The third-order valence-electron chi connectivity index (χ3n) is 4.00. The van der Waals surface area contributed by atoms with Crippen molar-refractivity contribution in [3.8, 4) is 11.5 Å². The zero-order valence-corrected chi connectivity index (χ0v) is 17.5. The van der Waals surface area contributed by atoms with Crippen molar-refractivity contribution in [1.29, 1.82) is 0 Å². The van der Waals surface area contributed by atoms with E-state index in [9.17, 15) is 26.4 Å². The first kappa shape index (κ1) is 22.6. The molecule has 0 aliphatic rings. The van der Waals surface area contributed by atoms with Crippen LogP contribution in [0.2, 0.25) is 0 Å². The van der Waals surface area contributed by atoms with Crippen LogP contribution in [0.25, 0.3) is 0 Å². The topological polar surface area (TPSA) is 94.6 Å². The van der Waals surface area contributed by atoms with Crippen molar-refractivity contribution in [1.82, 2.24) is 4.98 Å². The van der Waals surface area contributed by atoms with E-state index in [1.54, 1.807) is 17.6 Å². The number of methoxy groups -OCH3 is 1. The van der Waals surface area contributed by atoms with Gasteiger partial charge in [-0.3, -0.25) is 4.79 Å². The zero-order chi connectivity index (χ0) is 22.6. The Morgan fingerprint density at radius 2 is 1.97 bits per heavy atom. The van der Waals surface area contributed by atoms with Gasteiger partial charge in [0.2, 0.25) is 0 Å². The number of ether oxygens (including phenoxy) is 2. The Hall–Kier alpha value is -3.12. The first-order chi connectivity index (χ1) is 14.6. The number of anilines is 1. The standard InChI is InChI=1S/C19H15F3N2O5S2/c1-28-17-6-5-15(31(26,27)19(20,21)22)8-16(17)24-18(25)12-3-2-4-14(7-12)29-9-13-10-30-11-23-13/h2-8,10-11H,9H2,1H3,(H,24,25). The first-order valence-electron chi connectivity index (χ1n) is 8.52. The number of sulfone groups is 1. The second-order valence-electron chi connectivity index (χ2n) is 6.06. The molecule has 3 rings (SSSR count). The van der Waals surface area contributed by atoms with Crippen LogP contribution < -0.4 is 14.8 Å². The lowest BCUT2D eigenvalue weighted by Crippen LogP contribution is -2.23. The highest BCUT2D eigenvalue weighted by atomic mass is 32.2. The van der Waals surface area contributed by atoms with Crippen molar-refractivity contribution in [3.05, 3.63) is 64.6 Å². The van der Waals surface area contributed by atoms with Gasteiger partial charge in [-0.2, -0.15) is 13.2 Å². The van der Waals surface area contributed by atoms with Crippen LogP contribution in [0.3, 0.4) is 0 Å². The minimum absolute atomic E-state index is 0.00888. The van der Waals surface area contributed by atoms with E-state index in [-0.39, 0.29) is 23.6 Å². The van der Waals surface area contributed by atoms with Gasteiger partial charge in [0.15, 0.2) is 0 Å². The number of carbonyl (C=O) groups excluding carboxylic acids is 1. The first-order valence-corrected chi connectivity index (χ1v) is 10.9. The number of thiazole rings is 1. The highest BCUT2D eigenvalue weighted by Crippen LogP contribution is 2.35. The number of amides is 1. The minimum Gasteiger partial charge on any atom is -0.495 e. The fraction of sp³-hybridized carbons (Fsp3) is 0.158. The molecule has 1 aromatic heterocycles. The molecule has 12 heteroatoms. The number of benzene rings is 2. The maximum Gasteiger partial charge on any atom is 0.501 e. The van der Waals surface area contributed by atoms with Crippen LogP contribution in [0, 0.1) is 0 Å². The summed E-state index contributed by atoms with van der Waals surface area (Å²) in [5, 5.41) is 4.19. The van der Waals surface area contributed by atoms with Crippen LogP contribution in [-0.2, 0) is 16.4 Å². The molecular weight excluding hydrogens is 457 g/mol. The number of nitrogens with zero attached hydrogens (tertiary/aromatic N) is 1. The molecule has 0 atom stereocenters. The van der Waals surface area contributed by atoms with Crippen molar-refractivity contribution in [3.63, 3.8) is 0 Å². The molecule has 1 N–H and O–H groups in total. The monoisotopic (exact) mass is 472 g/mol. The lowest BCUT2D eigenvalue weighted by molar-refractivity contribution is -0.0436. The van der Waals surface area contributed by atoms with Crippen molar-refractivity contribution >= 4 is 32.8 Å². The van der Waals surface area contributed by atoms with Crippen LogP contribution in [0.4, 0.5) is 18.9 Å². The summed E-state index contributed by atoms with van der Waals surface area (Å²) in [5.41, 5.74) is -3.20. The Morgan fingerprint density at radius 1 is 1.19 bits per heavy atom. The van der Waals surface area contributed by atoms with Gasteiger partial charge < -0.3 is 14.8 Å². The quantitative estimate of drug-likeness (QED) is 0.552. The van der Waals surface area contributed by atoms with Crippen molar-refractivity contribution in [2.24, 2.45) is 0 Å². The van der Waals surface area contributed by atoms with Gasteiger partial charge >= 0.3 is 5.51 Å². The van der Waals surface area contributed by atoms with Gasteiger partial charge in [0.05, 0.1) is 28.9 Å². The minimum atomic E-state index is -5.59. The van der Waals surface area contributed by atoms with Crippen LogP contribution >= 0.6 is 11.3 Å². The molecule has 7 nitrogen and oxygen atoms in total. The summed E-state index contributed by atoms with van der Waals surface area (Å²) in [4.78, 5) is 15.7. The SMILES string of the molecule is COc1ccc(S(=O)(=O)C(F)(F)F)cc1NC(=O)c1cccc(OCc2cscn2)c1. The average molecular weight is 472 g/mol. The Bertz CT molecular complexity index is 1180. The normalized spacial score (nSPS) is 11.7. The highest BCUT2D eigenvalue weighted by molar-refractivity contribution is 7.92. The Morgan fingerprint density at radius 3 is 2.61 bits per heavy atom. The fourth-order valence-corrected chi connectivity index (χ4v) is 3.80. The molecule has 0 aliphatic carbocycles. The number of alkyl halides is 3. The third kappa shape index (κ3) is 5.14. The van der Waals surface area contributed by atoms with E-state index >= 15 is 0 Å². The summed E-state index contributed by atoms with van der Waals surface area (Å²) in [6.45, 7) is 0.194. The molecule has 0 unspecified atom stereocenters. The second-order valence-corrected chi connectivity index (χ2v) is 8.72. The van der Waals surface area contributed by atoms with Crippen molar-refractivity contribution in [2.75, 3.05) is 12.4 Å². The molecule has 0 saturated carbocycles. The Balaban J connectivity index is 1.82. The number of hydrogen-bond acceptors (Lipinski definition) is 7. The molecule has 0 fully saturated rings. The molecule has 1 amide bonds. The van der Waals surface area contributed by atoms with E-state index in [4.69, 9.17) is 9.47 Å². The Kier molecular flexibility index (Phi) is 6.51. The van der Waals surface area contributed by atoms with Crippen molar-refractivity contribution in [2.45, 2.75) is 17.0 Å². The molecule has 0 saturated heterocycles. The second kappa shape index (κ2) is 8.94. The fourth-order valence-electron chi connectivity index (χ4n) is 2.47. The summed E-state index contributed by atoms with van der Waals surface area (Å²) in [7, 11) is -4.36. The molecule has 1 heterocycles. The van der Waals surface area contributed by atoms with E-state index in [0.717, 1.165) is 12.1 Å². The lowest BCUT2D eigenvalue weighted by atomic mass is 10.2. The van der Waals surface area contributed by atoms with Gasteiger partial charge in [-0.15, -0.1) is 11.3 Å². The number of rotatable bonds is 7. The smallest absolute Gasteiger partial charge is 0.495 e. The van der Waals surface area contributed by atoms with E-state index < -0.39 is 26.1 Å². The molecular formula is C19H15F3N2O5S2. The van der Waals surface area contributed by atoms with E-state index in [1.807, 2.05) is 5.38 Å². The molecule has 164 valence electrons. The average Bonchev–Trinajstić information content (AvgIpc) is 3.25. The van der Waals surface area contributed by atoms with E-state index in [0.29, 0.717) is 17.5 Å². The van der Waals surface area contributed by atoms with Gasteiger partial charge in [-0.25, -0.2) is 13.4 Å². The molecule has 0 radical (unpaired) electrons. The number of carbonyl (C=O) groups is 1. The summed E-state index contributed by atoms with van der Waals surface area (Å²) in [6, 6.07) is 8.57. The van der Waals surface area contributed by atoms with Gasteiger partial charge in [-0.05, 0) is 36.4 Å². The van der Waals surface area contributed by atoms with Gasteiger partial charge in [0.25, 0.3) is 15.7 Å². The molecule has 0 aliphatic heterocycles. The lowest BCUT2D eigenvalue weighted by Gasteiger charge is -2.14. The molecule has 31 heavy (non-hydrogen) atoms. The number of hydrogen-bond donors (Lipinski definition) is 1.